The van der Waals surface area contributed by atoms with Crippen LogP contribution in [0, 0.1) is 10.1 Å². The summed E-state index contributed by atoms with van der Waals surface area (Å²) in [5, 5.41) is 18.9. The topological polar surface area (TPSA) is 131 Å². The Labute approximate surface area is 238 Å². The summed E-state index contributed by atoms with van der Waals surface area (Å²) in [5.74, 6) is 0.271. The number of ether oxygens (including phenoxy) is 1. The molecule has 12 nitrogen and oxygen atoms in total. The molecule has 0 aliphatic carbocycles. The Bertz CT molecular complexity index is 1630. The third kappa shape index (κ3) is 5.38. The number of aryl methyl sites for hydroxylation is 2. The van der Waals surface area contributed by atoms with Gasteiger partial charge < -0.3 is 29.7 Å². The quantitative estimate of drug-likeness (QED) is 0.219. The second-order valence-electron chi connectivity index (χ2n) is 10.3. The molecule has 4 aromatic rings. The lowest BCUT2D eigenvalue weighted by atomic mass is 10.0. The highest BCUT2D eigenvalue weighted by Gasteiger charge is 2.25. The Hall–Kier alpha value is -4.71. The predicted molar refractivity (Wildman–Crippen MR) is 159 cm³/mol. The van der Waals surface area contributed by atoms with Crippen molar-refractivity contribution >= 4 is 39.8 Å². The molecule has 12 heteroatoms. The Morgan fingerprint density at radius 3 is 2.73 bits per heavy atom. The van der Waals surface area contributed by atoms with Crippen LogP contribution >= 0.6 is 0 Å². The number of nitro groups is 1. The molecular weight excluding hydrogens is 524 g/mol. The SMILES string of the molecule is CNC(=O)c1cnc(Nc2cc([N+](=O)[O-])c(N(C)CCN(C)C)cc2OC)nc1-c1cn2c3c(cccc13)CCC2. The number of anilines is 3. The minimum Gasteiger partial charge on any atom is -0.494 e. The first-order chi connectivity index (χ1) is 19.7. The number of hydrogen-bond acceptors (Lipinski definition) is 9. The summed E-state index contributed by atoms with van der Waals surface area (Å²) < 4.78 is 7.83. The second kappa shape index (κ2) is 11.4. The number of para-hydroxylation sites is 1. The zero-order valence-corrected chi connectivity index (χ0v) is 23.9. The minimum absolute atomic E-state index is 0.0780. The van der Waals surface area contributed by atoms with Gasteiger partial charge in [0.15, 0.2) is 0 Å². The summed E-state index contributed by atoms with van der Waals surface area (Å²) in [6.45, 7) is 2.20. The molecule has 3 heterocycles. The van der Waals surface area contributed by atoms with Crippen molar-refractivity contribution in [2.24, 2.45) is 0 Å². The molecule has 5 rings (SSSR count). The number of rotatable bonds is 10. The van der Waals surface area contributed by atoms with E-state index in [1.807, 2.05) is 49.3 Å². The van der Waals surface area contributed by atoms with Crippen LogP contribution in [0.25, 0.3) is 22.2 Å². The maximum atomic E-state index is 12.9. The van der Waals surface area contributed by atoms with Crippen LogP contribution in [0.1, 0.15) is 22.3 Å². The van der Waals surface area contributed by atoms with E-state index in [1.54, 1.807) is 13.1 Å². The summed E-state index contributed by atoms with van der Waals surface area (Å²) in [6.07, 6.45) is 5.55. The second-order valence-corrected chi connectivity index (χ2v) is 10.3. The Morgan fingerprint density at radius 1 is 1.22 bits per heavy atom. The fourth-order valence-electron chi connectivity index (χ4n) is 5.26. The molecule has 0 bridgehead atoms. The zero-order chi connectivity index (χ0) is 29.3. The van der Waals surface area contributed by atoms with E-state index in [2.05, 4.69) is 26.3 Å². The summed E-state index contributed by atoms with van der Waals surface area (Å²) >= 11 is 0. The standard InChI is InChI=1S/C29H34N8O4/c1-30-28(38)20-16-31-29(33-26(20)21-17-36-11-7-9-18-8-6-10-19(21)27(18)36)32-22-14-24(37(39)40)23(15-25(22)41-5)35(4)13-12-34(2)3/h6,8,10,14-17H,7,9,11-13H2,1-5H3,(H,30,38)(H,31,32,33). The molecule has 0 radical (unpaired) electrons. The molecule has 0 spiro atoms. The van der Waals surface area contributed by atoms with E-state index in [-0.39, 0.29) is 17.5 Å². The van der Waals surface area contributed by atoms with Crippen LogP contribution in [-0.2, 0) is 13.0 Å². The maximum absolute atomic E-state index is 12.9. The zero-order valence-electron chi connectivity index (χ0n) is 23.9. The molecule has 0 saturated heterocycles. The normalized spacial score (nSPS) is 12.4. The van der Waals surface area contributed by atoms with Gasteiger partial charge in [0.2, 0.25) is 5.95 Å². The van der Waals surface area contributed by atoms with Crippen molar-refractivity contribution in [3.05, 3.63) is 64.0 Å². The van der Waals surface area contributed by atoms with Gasteiger partial charge in [0.25, 0.3) is 11.6 Å². The third-order valence-electron chi connectivity index (χ3n) is 7.38. The molecule has 41 heavy (non-hydrogen) atoms. The van der Waals surface area contributed by atoms with Crippen LogP contribution in [0.5, 0.6) is 5.75 Å². The van der Waals surface area contributed by atoms with Gasteiger partial charge >= 0.3 is 0 Å². The molecule has 1 aliphatic heterocycles. The number of carbonyl (C=O) groups is 1. The molecule has 0 saturated carbocycles. The fourth-order valence-corrected chi connectivity index (χ4v) is 5.26. The average molecular weight is 559 g/mol. The van der Waals surface area contributed by atoms with E-state index >= 15 is 0 Å². The molecule has 2 aromatic heterocycles. The molecular formula is C29H34N8O4. The Morgan fingerprint density at radius 2 is 2.02 bits per heavy atom. The number of benzene rings is 2. The van der Waals surface area contributed by atoms with E-state index in [0.717, 1.165) is 42.4 Å². The van der Waals surface area contributed by atoms with E-state index in [0.29, 0.717) is 34.9 Å². The number of hydrogen-bond donors (Lipinski definition) is 2. The molecule has 214 valence electrons. The molecule has 0 atom stereocenters. The average Bonchev–Trinajstić information content (AvgIpc) is 3.35. The number of aromatic nitrogens is 3. The molecule has 0 unspecified atom stereocenters. The van der Waals surface area contributed by atoms with Crippen LogP contribution < -0.4 is 20.3 Å². The number of nitro benzene ring substituents is 1. The van der Waals surface area contributed by atoms with Crippen molar-refractivity contribution in [2.75, 3.05) is 58.6 Å². The first-order valence-electron chi connectivity index (χ1n) is 13.4. The lowest BCUT2D eigenvalue weighted by Gasteiger charge is -2.22. The van der Waals surface area contributed by atoms with Crippen LogP contribution in [0.15, 0.2) is 42.7 Å². The van der Waals surface area contributed by atoms with Gasteiger partial charge in [-0.1, -0.05) is 18.2 Å². The summed E-state index contributed by atoms with van der Waals surface area (Å²) in [6, 6.07) is 9.26. The van der Waals surface area contributed by atoms with Crippen molar-refractivity contribution in [2.45, 2.75) is 19.4 Å². The molecule has 1 amide bonds. The molecule has 0 fully saturated rings. The van der Waals surface area contributed by atoms with Crippen LogP contribution in [0.3, 0.4) is 0 Å². The smallest absolute Gasteiger partial charge is 0.294 e. The van der Waals surface area contributed by atoms with Crippen molar-refractivity contribution in [3.8, 4) is 17.0 Å². The first kappa shape index (κ1) is 27.8. The van der Waals surface area contributed by atoms with Crippen molar-refractivity contribution < 1.29 is 14.5 Å². The Kier molecular flexibility index (Phi) is 7.75. The number of methoxy groups -OCH3 is 1. The van der Waals surface area contributed by atoms with E-state index in [9.17, 15) is 14.9 Å². The van der Waals surface area contributed by atoms with Gasteiger partial charge in [0.05, 0.1) is 34.5 Å². The lowest BCUT2D eigenvalue weighted by Crippen LogP contribution is -2.29. The van der Waals surface area contributed by atoms with Crippen molar-refractivity contribution in [1.29, 1.82) is 0 Å². The maximum Gasteiger partial charge on any atom is 0.294 e. The Balaban J connectivity index is 1.59. The molecule has 1 aliphatic rings. The van der Waals surface area contributed by atoms with Gasteiger partial charge in [-0.05, 0) is 32.5 Å². The summed E-state index contributed by atoms with van der Waals surface area (Å²) in [4.78, 5) is 37.5. The number of likely N-dealkylation sites (N-methyl/N-ethyl adjacent to an activating group) is 2. The van der Waals surface area contributed by atoms with Crippen LogP contribution in [0.4, 0.5) is 23.0 Å². The predicted octanol–water partition coefficient (Wildman–Crippen LogP) is 4.06. The van der Waals surface area contributed by atoms with Crippen molar-refractivity contribution in [1.82, 2.24) is 24.8 Å². The van der Waals surface area contributed by atoms with Crippen molar-refractivity contribution in [3.63, 3.8) is 0 Å². The van der Waals surface area contributed by atoms with Gasteiger partial charge in [-0.3, -0.25) is 14.9 Å². The minimum atomic E-state index is -0.416. The van der Waals surface area contributed by atoms with Crippen LogP contribution in [-0.4, -0.2) is 78.7 Å². The van der Waals surface area contributed by atoms with E-state index < -0.39 is 4.92 Å². The van der Waals surface area contributed by atoms with Gasteiger partial charge in [-0.25, -0.2) is 9.97 Å². The summed E-state index contributed by atoms with van der Waals surface area (Å²) in [7, 11) is 8.78. The van der Waals surface area contributed by atoms with Gasteiger partial charge in [-0.15, -0.1) is 0 Å². The number of nitrogens with one attached hydrogen (secondary N) is 2. The fraction of sp³-hybridized carbons (Fsp3) is 0.345. The van der Waals surface area contributed by atoms with Gasteiger partial charge in [-0.2, -0.15) is 0 Å². The van der Waals surface area contributed by atoms with Crippen LogP contribution in [0.2, 0.25) is 0 Å². The van der Waals surface area contributed by atoms with Gasteiger partial charge in [0, 0.05) is 69.2 Å². The largest absolute Gasteiger partial charge is 0.494 e. The summed E-state index contributed by atoms with van der Waals surface area (Å²) in [5.41, 5.74) is 4.73. The first-order valence-corrected chi connectivity index (χ1v) is 13.4. The third-order valence-corrected chi connectivity index (χ3v) is 7.38. The molecule has 2 aromatic carbocycles. The highest BCUT2D eigenvalue weighted by Crippen LogP contribution is 2.40. The molecule has 2 N–H and O–H groups in total. The monoisotopic (exact) mass is 558 g/mol. The number of carbonyl (C=O) groups excluding carboxylic acids is 1. The van der Waals surface area contributed by atoms with Gasteiger partial charge in [0.1, 0.15) is 11.4 Å². The number of nitrogens with zero attached hydrogens (tertiary/aromatic N) is 6. The van der Waals surface area contributed by atoms with E-state index in [4.69, 9.17) is 9.72 Å². The lowest BCUT2D eigenvalue weighted by molar-refractivity contribution is -0.384. The highest BCUT2D eigenvalue weighted by molar-refractivity contribution is 6.05. The number of amides is 1. The highest BCUT2D eigenvalue weighted by atomic mass is 16.6. The van der Waals surface area contributed by atoms with E-state index in [1.165, 1.54) is 24.9 Å².